The van der Waals surface area contributed by atoms with Gasteiger partial charge in [0.15, 0.2) is 0 Å². The molecule has 72 valence electrons. The average Bonchev–Trinajstić information content (AvgIpc) is 1.96. The van der Waals surface area contributed by atoms with Crippen LogP contribution in [0.3, 0.4) is 0 Å². The van der Waals surface area contributed by atoms with Crippen LogP contribution in [-0.4, -0.2) is 0 Å². The lowest BCUT2D eigenvalue weighted by Gasteiger charge is -1.75. The van der Waals surface area contributed by atoms with Crippen molar-refractivity contribution >= 4 is 71.2 Å². The van der Waals surface area contributed by atoms with E-state index < -0.39 is 0 Å². The molecule has 0 amide bonds. The van der Waals surface area contributed by atoms with E-state index in [1.165, 1.54) is 0 Å². The summed E-state index contributed by atoms with van der Waals surface area (Å²) < 4.78 is -0.198. The lowest BCUT2D eigenvalue weighted by Crippen LogP contribution is -1.47. The first-order valence-electron chi connectivity index (χ1n) is 1.45. The van der Waals surface area contributed by atoms with Gasteiger partial charge in [0, 0.05) is 0 Å². The molecule has 0 radical (unpaired) electrons. The maximum absolute atomic E-state index is 6.25. The van der Waals surface area contributed by atoms with Crippen LogP contribution in [0.15, 0.2) is 8.98 Å². The Balaban J connectivity index is -0.0000000241. The molecule has 0 rings (SSSR count). The molecule has 0 saturated heterocycles. The van der Waals surface area contributed by atoms with Crippen LogP contribution < -0.4 is 0 Å². The highest BCUT2D eigenvalue weighted by molar-refractivity contribution is 6.67. The first-order valence-corrected chi connectivity index (χ1v) is 2.97. The fourth-order valence-electron chi connectivity index (χ4n) is 0. The highest BCUT2D eigenvalue weighted by atomic mass is 35.5. The quantitative estimate of drug-likeness (QED) is 0.630. The van der Waals surface area contributed by atoms with Gasteiger partial charge in [-0.1, -0.05) is 46.4 Å². The number of rotatable bonds is 0. The van der Waals surface area contributed by atoms with Gasteiger partial charge in [-0.2, -0.15) is 0 Å². The Morgan fingerprint density at radius 3 is 0.750 bits per heavy atom. The zero-order chi connectivity index (χ0) is 9.15. The van der Waals surface area contributed by atoms with Crippen molar-refractivity contribution in [2.24, 2.45) is 0 Å². The Morgan fingerprint density at radius 1 is 0.667 bits per heavy atom. The van der Waals surface area contributed by atoms with E-state index in [-0.39, 0.29) is 33.8 Å². The van der Waals surface area contributed by atoms with E-state index in [0.717, 1.165) is 0 Å². The van der Waals surface area contributed by atoms with E-state index in [4.69, 9.17) is 70.1 Å². The van der Waals surface area contributed by atoms with Gasteiger partial charge in [-0.15, -0.1) is 24.8 Å². The third kappa shape index (κ3) is 47.1. The third-order valence-corrected chi connectivity index (χ3v) is 1.29. The van der Waals surface area contributed by atoms with Crippen LogP contribution in [0.5, 0.6) is 0 Å². The molecule has 0 N–H and O–H groups in total. The van der Waals surface area contributed by atoms with E-state index in [0.29, 0.717) is 0 Å². The fourth-order valence-corrected chi connectivity index (χ4v) is 0. The maximum atomic E-state index is 6.25. The van der Waals surface area contributed by atoms with E-state index in [9.17, 15) is 0 Å². The van der Waals surface area contributed by atoms with Crippen molar-refractivity contribution in [3.8, 4) is 0 Å². The molecule has 0 bridgehead atoms. The largest absolute Gasteiger partial charge is 0.512 e. The van der Waals surface area contributed by atoms with Crippen LogP contribution >= 0.6 is 71.2 Å². The lowest BCUT2D eigenvalue weighted by atomic mass is 11.2. The van der Waals surface area contributed by atoms with Gasteiger partial charge in [-0.25, -0.2) is 0 Å². The minimum absolute atomic E-state index is 0. The third-order valence-electron chi connectivity index (χ3n) is 0.143. The van der Waals surface area contributed by atoms with Crippen molar-refractivity contribution in [1.82, 2.24) is 0 Å². The SMILES string of the molecule is Cl.Cl.ClC(Cl)=C(Cl)Cl.[C-]#N.[C-]#N. The summed E-state index contributed by atoms with van der Waals surface area (Å²) in [4.78, 5) is 0. The van der Waals surface area contributed by atoms with Gasteiger partial charge in [-0.3, -0.25) is 0 Å². The van der Waals surface area contributed by atoms with Crippen molar-refractivity contribution in [3.05, 3.63) is 22.1 Å². The fraction of sp³-hybridized carbons (Fsp3) is 0. The van der Waals surface area contributed by atoms with Crippen LogP contribution in [-0.2, 0) is 0 Å². The molecule has 0 fully saturated rings. The minimum Gasteiger partial charge on any atom is -0.512 e. The molecule has 8 heteroatoms. The molecule has 0 aliphatic heterocycles. The molecule has 0 saturated carbocycles. The molecule has 0 aliphatic rings. The summed E-state index contributed by atoms with van der Waals surface area (Å²) >= 11 is 20.0. The smallest absolute Gasteiger partial charge is 0.136 e. The molecule has 0 aliphatic carbocycles. The first kappa shape index (κ1) is 29.4. The Labute approximate surface area is 103 Å². The van der Waals surface area contributed by atoms with E-state index >= 15 is 0 Å². The Bertz CT molecular complexity index is 115. The minimum atomic E-state index is -0.0988. The molecule has 0 atom stereocenters. The molecule has 2 nitrogen and oxygen atoms in total. The summed E-state index contributed by atoms with van der Waals surface area (Å²) in [6.45, 7) is 9.50. The lowest BCUT2D eigenvalue weighted by molar-refractivity contribution is 1.53. The van der Waals surface area contributed by atoms with E-state index in [1.807, 2.05) is 0 Å². The van der Waals surface area contributed by atoms with Crippen molar-refractivity contribution in [2.75, 3.05) is 0 Å². The predicted octanol–water partition coefficient (Wildman–Crippen LogP) is 4.10. The van der Waals surface area contributed by atoms with Gasteiger partial charge in [0.25, 0.3) is 0 Å². The van der Waals surface area contributed by atoms with Crippen molar-refractivity contribution in [2.45, 2.75) is 0 Å². The summed E-state index contributed by atoms with van der Waals surface area (Å²) in [5.41, 5.74) is 0. The zero-order valence-electron chi connectivity index (χ0n) is 5.22. The number of nitrogens with zero attached hydrogens (tertiary/aromatic N) is 2. The van der Waals surface area contributed by atoms with Crippen LogP contribution in [0.25, 0.3) is 0 Å². The Morgan fingerprint density at radius 2 is 0.750 bits per heavy atom. The predicted molar refractivity (Wildman–Crippen MR) is 54.9 cm³/mol. The van der Waals surface area contributed by atoms with Gasteiger partial charge in [0.2, 0.25) is 0 Å². The van der Waals surface area contributed by atoms with E-state index in [1.54, 1.807) is 0 Å². The summed E-state index contributed by atoms with van der Waals surface area (Å²) in [6.07, 6.45) is 0. The highest BCUT2D eigenvalue weighted by Crippen LogP contribution is 2.20. The van der Waals surface area contributed by atoms with Crippen molar-refractivity contribution in [1.29, 1.82) is 10.5 Å². The second-order valence-electron chi connectivity index (χ2n) is 0.521. The van der Waals surface area contributed by atoms with Gasteiger partial charge in [0.05, 0.1) is 0 Å². The molecular formula is C4H2Cl6N2-2. The monoisotopic (exact) mass is 288 g/mol. The topological polar surface area (TPSA) is 47.6 Å². The first-order chi connectivity index (χ1) is 4.64. The van der Waals surface area contributed by atoms with Crippen LogP contribution in [0.2, 0.25) is 0 Å². The zero-order valence-corrected chi connectivity index (χ0v) is 9.88. The van der Waals surface area contributed by atoms with Crippen LogP contribution in [0, 0.1) is 23.7 Å². The highest BCUT2D eigenvalue weighted by Gasteiger charge is 1.88. The molecule has 0 aromatic heterocycles. The molecule has 0 aromatic carbocycles. The van der Waals surface area contributed by atoms with Crippen LogP contribution in [0.4, 0.5) is 0 Å². The molecule has 0 heterocycles. The maximum Gasteiger partial charge on any atom is 0.136 e. The van der Waals surface area contributed by atoms with Gasteiger partial charge >= 0.3 is 0 Å². The van der Waals surface area contributed by atoms with Crippen LogP contribution in [0.1, 0.15) is 0 Å². The molecule has 0 aromatic rings. The molecule has 0 unspecified atom stereocenters. The van der Waals surface area contributed by atoms with E-state index in [2.05, 4.69) is 0 Å². The normalized spacial score (nSPS) is 4.33. The summed E-state index contributed by atoms with van der Waals surface area (Å²) in [7, 11) is 0. The number of hydrogen-bond acceptors (Lipinski definition) is 2. The molecule has 0 spiro atoms. The number of hydrogen-bond donors (Lipinski definition) is 0. The van der Waals surface area contributed by atoms with Crippen molar-refractivity contribution in [3.63, 3.8) is 0 Å². The summed E-state index contributed by atoms with van der Waals surface area (Å²) in [6, 6.07) is 0. The molecule has 12 heavy (non-hydrogen) atoms. The standard InChI is InChI=1S/C2Cl4.2CN.2ClH/c3-1(4)2(5)6;2*1-2;;/h;;;2*1H/q;2*-1;;. The summed E-state index contributed by atoms with van der Waals surface area (Å²) in [5, 5.41) is 12.5. The Hall–Kier alpha value is 0.460. The number of halogens is 6. The Kier molecular flexibility index (Phi) is 73.6. The summed E-state index contributed by atoms with van der Waals surface area (Å²) in [5.74, 6) is 0. The second-order valence-corrected chi connectivity index (χ2v) is 2.42. The van der Waals surface area contributed by atoms with Gasteiger partial charge < -0.3 is 23.7 Å². The second kappa shape index (κ2) is 30.0. The average molecular weight is 291 g/mol. The van der Waals surface area contributed by atoms with Gasteiger partial charge in [0.1, 0.15) is 8.98 Å². The van der Waals surface area contributed by atoms with Crippen molar-refractivity contribution < 1.29 is 0 Å². The van der Waals surface area contributed by atoms with Gasteiger partial charge in [-0.05, 0) is 0 Å². The molecular weight excluding hydrogens is 289 g/mol.